The van der Waals surface area contributed by atoms with Gasteiger partial charge >= 0.3 is 6.18 Å². The molecular weight excluding hydrogens is 293 g/mol. The molecule has 1 aromatic heterocycles. The summed E-state index contributed by atoms with van der Waals surface area (Å²) in [5, 5.41) is 3.47. The number of alkyl halides is 3. The summed E-state index contributed by atoms with van der Waals surface area (Å²) >= 11 is 5.97. The van der Waals surface area contributed by atoms with Crippen molar-refractivity contribution in [1.82, 2.24) is 4.98 Å². The molecule has 0 aliphatic heterocycles. The fraction of sp³-hybridized carbons (Fsp3) is 0.308. The van der Waals surface area contributed by atoms with Crippen molar-refractivity contribution in [3.63, 3.8) is 0 Å². The van der Waals surface area contributed by atoms with Crippen LogP contribution >= 0.6 is 11.6 Å². The van der Waals surface area contributed by atoms with E-state index in [4.69, 9.17) is 16.3 Å². The van der Waals surface area contributed by atoms with Gasteiger partial charge < -0.3 is 10.1 Å². The molecule has 0 unspecified atom stereocenters. The van der Waals surface area contributed by atoms with Crippen molar-refractivity contribution >= 4 is 28.2 Å². The van der Waals surface area contributed by atoms with E-state index in [-0.39, 0.29) is 10.5 Å². The lowest BCUT2D eigenvalue weighted by Crippen LogP contribution is -2.10. The maximum Gasteiger partial charge on any atom is 0.433 e. The van der Waals surface area contributed by atoms with Gasteiger partial charge in [0.1, 0.15) is 11.4 Å². The summed E-state index contributed by atoms with van der Waals surface area (Å²) in [5.41, 5.74) is -0.628. The van der Waals surface area contributed by atoms with Crippen LogP contribution in [-0.4, -0.2) is 18.6 Å². The summed E-state index contributed by atoms with van der Waals surface area (Å²) in [4.78, 5) is 3.62. The minimum absolute atomic E-state index is 0.0665. The fourth-order valence-electron chi connectivity index (χ4n) is 1.92. The van der Waals surface area contributed by atoms with E-state index in [1.165, 1.54) is 13.2 Å². The van der Waals surface area contributed by atoms with Crippen molar-refractivity contribution < 1.29 is 17.9 Å². The van der Waals surface area contributed by atoms with Crippen molar-refractivity contribution in [3.05, 3.63) is 28.9 Å². The number of hydrogen-bond acceptors (Lipinski definition) is 3. The highest BCUT2D eigenvalue weighted by Gasteiger charge is 2.34. The largest absolute Gasteiger partial charge is 0.496 e. The van der Waals surface area contributed by atoms with Gasteiger partial charge in [0, 0.05) is 12.2 Å². The zero-order valence-corrected chi connectivity index (χ0v) is 11.6. The zero-order chi connectivity index (χ0) is 14.9. The van der Waals surface area contributed by atoms with Gasteiger partial charge in [-0.25, -0.2) is 4.98 Å². The first-order valence-electron chi connectivity index (χ1n) is 5.86. The molecule has 0 saturated carbocycles. The van der Waals surface area contributed by atoms with Crippen molar-refractivity contribution in [1.29, 1.82) is 0 Å². The van der Waals surface area contributed by atoms with Crippen LogP contribution in [0.2, 0.25) is 5.02 Å². The van der Waals surface area contributed by atoms with Crippen molar-refractivity contribution in [2.24, 2.45) is 0 Å². The number of pyridine rings is 1. The van der Waals surface area contributed by atoms with Gasteiger partial charge in [-0.1, -0.05) is 11.6 Å². The minimum Gasteiger partial charge on any atom is -0.496 e. The van der Waals surface area contributed by atoms with E-state index in [1.54, 1.807) is 13.0 Å². The first-order valence-corrected chi connectivity index (χ1v) is 6.24. The van der Waals surface area contributed by atoms with Gasteiger partial charge in [0.25, 0.3) is 0 Å². The quantitative estimate of drug-likeness (QED) is 0.915. The van der Waals surface area contributed by atoms with Crippen molar-refractivity contribution in [2.45, 2.75) is 13.1 Å². The SMILES string of the molecule is CCNc1cc(C(F)(F)F)nc2c(Cl)ccc(OC)c12. The monoisotopic (exact) mass is 304 g/mol. The molecule has 2 rings (SSSR count). The molecule has 0 saturated heterocycles. The molecule has 0 radical (unpaired) electrons. The molecule has 108 valence electrons. The zero-order valence-electron chi connectivity index (χ0n) is 10.8. The molecule has 7 heteroatoms. The molecule has 0 aliphatic rings. The van der Waals surface area contributed by atoms with Crippen LogP contribution in [0.5, 0.6) is 5.75 Å². The van der Waals surface area contributed by atoms with E-state index in [0.717, 1.165) is 6.07 Å². The topological polar surface area (TPSA) is 34.2 Å². The molecule has 3 nitrogen and oxygen atoms in total. The molecular formula is C13H12ClF3N2O. The van der Waals surface area contributed by atoms with Gasteiger partial charge in [0.2, 0.25) is 0 Å². The van der Waals surface area contributed by atoms with Gasteiger partial charge in [-0.15, -0.1) is 0 Å². The molecule has 0 fully saturated rings. The summed E-state index contributed by atoms with van der Waals surface area (Å²) in [6, 6.07) is 4.02. The smallest absolute Gasteiger partial charge is 0.433 e. The van der Waals surface area contributed by atoms with Gasteiger partial charge in [-0.05, 0) is 25.1 Å². The number of methoxy groups -OCH3 is 1. The second kappa shape index (κ2) is 5.36. The lowest BCUT2D eigenvalue weighted by molar-refractivity contribution is -0.140. The number of nitrogens with zero attached hydrogens (tertiary/aromatic N) is 1. The number of rotatable bonds is 3. The van der Waals surface area contributed by atoms with Crippen LogP contribution in [0.4, 0.5) is 18.9 Å². The number of aromatic nitrogens is 1. The third kappa shape index (κ3) is 2.60. The molecule has 20 heavy (non-hydrogen) atoms. The predicted molar refractivity (Wildman–Crippen MR) is 72.5 cm³/mol. The van der Waals surface area contributed by atoms with Gasteiger partial charge in [-0.3, -0.25) is 0 Å². The number of anilines is 1. The van der Waals surface area contributed by atoms with Crippen LogP contribution in [0.25, 0.3) is 10.9 Å². The van der Waals surface area contributed by atoms with E-state index in [1.807, 2.05) is 0 Å². The Morgan fingerprint density at radius 3 is 2.60 bits per heavy atom. The highest BCUT2D eigenvalue weighted by atomic mass is 35.5. The van der Waals surface area contributed by atoms with Crippen LogP contribution < -0.4 is 10.1 Å². The standard InChI is InChI=1S/C13H12ClF3N2O/c1-3-18-8-6-10(13(15,16)17)19-12-7(14)4-5-9(20-2)11(8)12/h4-6H,3H2,1-2H3,(H,18,19). The molecule has 0 aliphatic carbocycles. The first kappa shape index (κ1) is 14.7. The summed E-state index contributed by atoms with van der Waals surface area (Å²) in [5.74, 6) is 0.418. The van der Waals surface area contributed by atoms with E-state index >= 15 is 0 Å². The predicted octanol–water partition coefficient (Wildman–Crippen LogP) is 4.35. The Kier molecular flexibility index (Phi) is 3.94. The van der Waals surface area contributed by atoms with Crippen LogP contribution in [0.1, 0.15) is 12.6 Å². The van der Waals surface area contributed by atoms with Gasteiger partial charge in [0.15, 0.2) is 0 Å². The Balaban J connectivity index is 2.84. The number of halogens is 4. The molecule has 0 amide bonds. The van der Waals surface area contributed by atoms with Crippen LogP contribution in [-0.2, 0) is 6.18 Å². The van der Waals surface area contributed by atoms with Gasteiger partial charge in [0.05, 0.1) is 23.0 Å². The maximum absolute atomic E-state index is 12.9. The second-order valence-electron chi connectivity index (χ2n) is 4.06. The van der Waals surface area contributed by atoms with Crippen LogP contribution in [0.3, 0.4) is 0 Å². The summed E-state index contributed by atoms with van der Waals surface area (Å²) in [6.45, 7) is 2.25. The van der Waals surface area contributed by atoms with Crippen LogP contribution in [0, 0.1) is 0 Å². The normalized spacial score (nSPS) is 11.7. The molecule has 1 N–H and O–H groups in total. The van der Waals surface area contributed by atoms with Crippen LogP contribution in [0.15, 0.2) is 18.2 Å². The Morgan fingerprint density at radius 1 is 1.35 bits per heavy atom. The average molecular weight is 305 g/mol. The average Bonchev–Trinajstić information content (AvgIpc) is 2.39. The summed E-state index contributed by atoms with van der Waals surface area (Å²) in [6.07, 6.45) is -4.54. The third-order valence-electron chi connectivity index (χ3n) is 2.75. The van der Waals surface area contributed by atoms with Crippen molar-refractivity contribution in [2.75, 3.05) is 19.0 Å². The maximum atomic E-state index is 12.9. The Labute approximate surface area is 118 Å². The molecule has 0 atom stereocenters. The number of fused-ring (bicyclic) bond motifs is 1. The molecule has 2 aromatic rings. The minimum atomic E-state index is -4.54. The molecule has 0 bridgehead atoms. The lowest BCUT2D eigenvalue weighted by atomic mass is 10.1. The third-order valence-corrected chi connectivity index (χ3v) is 3.06. The molecule has 0 spiro atoms. The number of nitrogens with one attached hydrogen (secondary N) is 1. The number of hydrogen-bond donors (Lipinski definition) is 1. The van der Waals surface area contributed by atoms with E-state index in [2.05, 4.69) is 10.3 Å². The highest BCUT2D eigenvalue weighted by molar-refractivity contribution is 6.35. The first-order chi connectivity index (χ1) is 9.38. The Morgan fingerprint density at radius 2 is 2.05 bits per heavy atom. The van der Waals surface area contributed by atoms with Gasteiger partial charge in [-0.2, -0.15) is 13.2 Å². The van der Waals surface area contributed by atoms with E-state index < -0.39 is 11.9 Å². The fourth-order valence-corrected chi connectivity index (χ4v) is 2.12. The van der Waals surface area contributed by atoms with Crippen molar-refractivity contribution in [3.8, 4) is 5.75 Å². The highest BCUT2D eigenvalue weighted by Crippen LogP contribution is 2.39. The summed E-state index contributed by atoms with van der Waals surface area (Å²) in [7, 11) is 1.44. The number of ether oxygens (including phenoxy) is 1. The Bertz CT molecular complexity index is 644. The number of benzene rings is 1. The van der Waals surface area contributed by atoms with E-state index in [9.17, 15) is 13.2 Å². The molecule has 1 heterocycles. The van der Waals surface area contributed by atoms with E-state index in [0.29, 0.717) is 23.4 Å². The summed E-state index contributed by atoms with van der Waals surface area (Å²) < 4.78 is 43.8. The molecule has 1 aromatic carbocycles. The second-order valence-corrected chi connectivity index (χ2v) is 4.46. The lowest BCUT2D eigenvalue weighted by Gasteiger charge is -2.15. The Hall–Kier alpha value is -1.69.